The summed E-state index contributed by atoms with van der Waals surface area (Å²) in [5, 5.41) is 9.55. The van der Waals surface area contributed by atoms with E-state index in [1.807, 2.05) is 42.5 Å². The summed E-state index contributed by atoms with van der Waals surface area (Å²) in [5.41, 5.74) is 9.49. The van der Waals surface area contributed by atoms with Gasteiger partial charge in [0.15, 0.2) is 0 Å². The van der Waals surface area contributed by atoms with Gasteiger partial charge in [0.05, 0.1) is 28.9 Å². The van der Waals surface area contributed by atoms with Crippen LogP contribution in [-0.4, -0.2) is 19.2 Å². The number of nitrogen functional groups attached to an aromatic ring is 1. The molecule has 0 bridgehead atoms. The van der Waals surface area contributed by atoms with Gasteiger partial charge >= 0.3 is 0 Å². The van der Waals surface area contributed by atoms with Crippen LogP contribution in [0.15, 0.2) is 51.4 Å². The summed E-state index contributed by atoms with van der Waals surface area (Å²) in [6, 6.07) is 15.3. The lowest BCUT2D eigenvalue weighted by atomic mass is 9.98. The lowest BCUT2D eigenvalue weighted by Gasteiger charge is -2.13. The molecular formula is C20H15Br2N3O2. The molecule has 3 rings (SSSR count). The first-order chi connectivity index (χ1) is 13.0. The van der Waals surface area contributed by atoms with Gasteiger partial charge in [0.2, 0.25) is 0 Å². The van der Waals surface area contributed by atoms with Crippen LogP contribution in [0.2, 0.25) is 0 Å². The maximum absolute atomic E-state index is 9.55. The van der Waals surface area contributed by atoms with Crippen molar-refractivity contribution in [2.75, 3.05) is 20.0 Å². The number of anilines is 1. The molecule has 136 valence electrons. The second-order valence-electron chi connectivity index (χ2n) is 5.63. The van der Waals surface area contributed by atoms with Crippen LogP contribution < -0.4 is 15.2 Å². The summed E-state index contributed by atoms with van der Waals surface area (Å²) >= 11 is 7.00. The number of pyridine rings is 1. The Hall–Kier alpha value is -2.56. The zero-order valence-electron chi connectivity index (χ0n) is 14.6. The fourth-order valence-electron chi connectivity index (χ4n) is 2.73. The number of methoxy groups -OCH3 is 2. The first-order valence-corrected chi connectivity index (χ1v) is 9.45. The summed E-state index contributed by atoms with van der Waals surface area (Å²) in [6.07, 6.45) is 0. The largest absolute Gasteiger partial charge is 0.497 e. The second-order valence-corrected chi connectivity index (χ2v) is 7.34. The highest BCUT2D eigenvalue weighted by Crippen LogP contribution is 2.39. The highest BCUT2D eigenvalue weighted by atomic mass is 79.9. The normalized spacial score (nSPS) is 10.3. The molecule has 0 radical (unpaired) electrons. The van der Waals surface area contributed by atoms with Crippen molar-refractivity contribution in [2.24, 2.45) is 0 Å². The van der Waals surface area contributed by atoms with E-state index < -0.39 is 0 Å². The Bertz CT molecular complexity index is 1020. The summed E-state index contributed by atoms with van der Waals surface area (Å²) in [7, 11) is 3.21. The Morgan fingerprint density at radius 1 is 0.963 bits per heavy atom. The molecule has 0 atom stereocenters. The Morgan fingerprint density at radius 2 is 1.59 bits per heavy atom. The Kier molecular flexibility index (Phi) is 5.68. The molecule has 3 aromatic rings. The molecule has 0 aliphatic carbocycles. The molecule has 0 spiro atoms. The molecule has 0 fully saturated rings. The summed E-state index contributed by atoms with van der Waals surface area (Å²) in [4.78, 5) is 4.42. The molecule has 7 heteroatoms. The summed E-state index contributed by atoms with van der Waals surface area (Å²) < 4.78 is 12.1. The predicted octanol–water partition coefficient (Wildman–Crippen LogP) is 5.41. The number of hydrogen-bond acceptors (Lipinski definition) is 5. The predicted molar refractivity (Wildman–Crippen MR) is 113 cm³/mol. The number of hydrogen-bond donors (Lipinski definition) is 1. The van der Waals surface area contributed by atoms with Crippen LogP contribution >= 0.6 is 31.9 Å². The van der Waals surface area contributed by atoms with Crippen LogP contribution in [0.25, 0.3) is 22.4 Å². The maximum Gasteiger partial charge on any atom is 0.147 e. The van der Waals surface area contributed by atoms with E-state index in [9.17, 15) is 5.26 Å². The quantitative estimate of drug-likeness (QED) is 0.530. The van der Waals surface area contributed by atoms with Gasteiger partial charge in [0.25, 0.3) is 0 Å². The Balaban J connectivity index is 2.19. The fraction of sp³-hybridized carbons (Fsp3) is 0.100. The van der Waals surface area contributed by atoms with Gasteiger partial charge in [-0.15, -0.1) is 0 Å². The smallest absolute Gasteiger partial charge is 0.147 e. The van der Waals surface area contributed by atoms with Crippen LogP contribution in [0.1, 0.15) is 5.56 Å². The topological polar surface area (TPSA) is 81.2 Å². The van der Waals surface area contributed by atoms with Crippen LogP contribution in [0.5, 0.6) is 11.5 Å². The average molecular weight is 489 g/mol. The SMILES string of the molecule is COc1ccc(-c2cc(-c3cc(Br)c(OC)c(Br)c3)nc(N)c2C#N)cc1. The first-order valence-electron chi connectivity index (χ1n) is 7.87. The van der Waals surface area contributed by atoms with Crippen LogP contribution in [0.4, 0.5) is 5.82 Å². The number of halogens is 2. The first kappa shape index (κ1) is 19.2. The number of nitrogens with two attached hydrogens (primary N) is 1. The van der Waals surface area contributed by atoms with Gasteiger partial charge in [0.1, 0.15) is 28.9 Å². The molecule has 0 saturated carbocycles. The fourth-order valence-corrected chi connectivity index (χ4v) is 4.24. The Labute approximate surface area is 174 Å². The minimum absolute atomic E-state index is 0.184. The molecule has 0 unspecified atom stereocenters. The van der Waals surface area contributed by atoms with Crippen molar-refractivity contribution >= 4 is 37.7 Å². The minimum Gasteiger partial charge on any atom is -0.497 e. The van der Waals surface area contributed by atoms with Crippen molar-refractivity contribution in [3.8, 4) is 40.0 Å². The van der Waals surface area contributed by atoms with Crippen molar-refractivity contribution in [1.82, 2.24) is 4.98 Å². The van der Waals surface area contributed by atoms with Crippen LogP contribution in [-0.2, 0) is 0 Å². The van der Waals surface area contributed by atoms with Crippen molar-refractivity contribution in [2.45, 2.75) is 0 Å². The van der Waals surface area contributed by atoms with E-state index in [-0.39, 0.29) is 5.82 Å². The molecule has 0 aliphatic heterocycles. The summed E-state index contributed by atoms with van der Waals surface area (Å²) in [6.45, 7) is 0. The van der Waals surface area contributed by atoms with E-state index in [2.05, 4.69) is 42.9 Å². The number of ether oxygens (including phenoxy) is 2. The van der Waals surface area contributed by atoms with Crippen LogP contribution in [0.3, 0.4) is 0 Å². The van der Waals surface area contributed by atoms with E-state index in [1.54, 1.807) is 14.2 Å². The van der Waals surface area contributed by atoms with Crippen molar-refractivity contribution in [3.05, 3.63) is 57.0 Å². The molecule has 27 heavy (non-hydrogen) atoms. The zero-order valence-corrected chi connectivity index (χ0v) is 17.8. The number of rotatable bonds is 4. The molecule has 2 aromatic carbocycles. The van der Waals surface area contributed by atoms with Crippen molar-refractivity contribution < 1.29 is 9.47 Å². The third kappa shape index (κ3) is 3.77. The third-order valence-electron chi connectivity index (χ3n) is 4.06. The van der Waals surface area contributed by atoms with Gasteiger partial charge in [-0.25, -0.2) is 4.98 Å². The standard InChI is InChI=1S/C20H15Br2N3O2/c1-26-13-5-3-11(4-6-13)14-9-18(25-20(24)15(14)10-23)12-7-16(21)19(27-2)17(22)8-12/h3-9H,1-2H3,(H2,24,25). The van der Waals surface area contributed by atoms with Gasteiger partial charge in [0, 0.05) is 11.1 Å². The molecule has 0 saturated heterocycles. The van der Waals surface area contributed by atoms with Crippen molar-refractivity contribution in [1.29, 1.82) is 5.26 Å². The van der Waals surface area contributed by atoms with Gasteiger partial charge < -0.3 is 15.2 Å². The van der Waals surface area contributed by atoms with Gasteiger partial charge in [-0.05, 0) is 67.8 Å². The van der Waals surface area contributed by atoms with E-state index in [0.29, 0.717) is 22.6 Å². The average Bonchev–Trinajstić information content (AvgIpc) is 2.67. The second kappa shape index (κ2) is 7.99. The summed E-state index contributed by atoms with van der Waals surface area (Å²) in [5.74, 6) is 1.61. The number of aromatic nitrogens is 1. The molecule has 1 heterocycles. The van der Waals surface area contributed by atoms with E-state index in [0.717, 1.165) is 25.8 Å². The van der Waals surface area contributed by atoms with Gasteiger partial charge in [-0.2, -0.15) is 5.26 Å². The third-order valence-corrected chi connectivity index (χ3v) is 5.24. The molecular weight excluding hydrogens is 474 g/mol. The van der Waals surface area contributed by atoms with E-state index in [1.165, 1.54) is 0 Å². The maximum atomic E-state index is 9.55. The molecule has 5 nitrogen and oxygen atoms in total. The molecule has 2 N–H and O–H groups in total. The van der Waals surface area contributed by atoms with Crippen LogP contribution in [0, 0.1) is 11.3 Å². The van der Waals surface area contributed by atoms with E-state index in [4.69, 9.17) is 15.2 Å². The van der Waals surface area contributed by atoms with Gasteiger partial charge in [-0.1, -0.05) is 12.1 Å². The van der Waals surface area contributed by atoms with E-state index >= 15 is 0 Å². The molecule has 0 aliphatic rings. The number of benzene rings is 2. The lowest BCUT2D eigenvalue weighted by molar-refractivity contribution is 0.409. The minimum atomic E-state index is 0.184. The van der Waals surface area contributed by atoms with Gasteiger partial charge in [-0.3, -0.25) is 0 Å². The highest BCUT2D eigenvalue weighted by molar-refractivity contribution is 9.11. The number of nitrogens with zero attached hydrogens (tertiary/aromatic N) is 2. The molecule has 1 aromatic heterocycles. The molecule has 0 amide bonds. The van der Waals surface area contributed by atoms with Crippen molar-refractivity contribution in [3.63, 3.8) is 0 Å². The number of nitriles is 1. The monoisotopic (exact) mass is 487 g/mol. The zero-order chi connectivity index (χ0) is 19.6. The lowest BCUT2D eigenvalue weighted by Crippen LogP contribution is -2.00. The Morgan fingerprint density at radius 3 is 2.11 bits per heavy atom. The highest BCUT2D eigenvalue weighted by Gasteiger charge is 2.16.